The highest BCUT2D eigenvalue weighted by molar-refractivity contribution is 5.79. The molecule has 86 valence electrons. The molecule has 2 heterocycles. The fourth-order valence-electron chi connectivity index (χ4n) is 2.26. The first-order valence-electron chi connectivity index (χ1n) is 6.18. The highest BCUT2D eigenvalue weighted by atomic mass is 14.9. The summed E-state index contributed by atoms with van der Waals surface area (Å²) in [7, 11) is 0. The third kappa shape index (κ3) is 2.37. The fourth-order valence-corrected chi connectivity index (χ4v) is 2.26. The van der Waals surface area contributed by atoms with E-state index in [-0.39, 0.29) is 0 Å². The number of rotatable bonds is 1. The van der Waals surface area contributed by atoms with Crippen molar-refractivity contribution in [1.82, 2.24) is 10.3 Å². The Morgan fingerprint density at radius 3 is 2.71 bits per heavy atom. The van der Waals surface area contributed by atoms with E-state index >= 15 is 0 Å². The molecule has 0 atom stereocenters. The van der Waals surface area contributed by atoms with Crippen molar-refractivity contribution in [3.8, 4) is 0 Å². The lowest BCUT2D eigenvalue weighted by atomic mass is 10.0. The number of hydrogen-bond acceptors (Lipinski definition) is 2. The van der Waals surface area contributed by atoms with Gasteiger partial charge < -0.3 is 5.32 Å². The minimum Gasteiger partial charge on any atom is -0.316 e. The predicted octanol–water partition coefficient (Wildman–Crippen LogP) is 3.00. The van der Waals surface area contributed by atoms with Gasteiger partial charge in [-0.15, -0.1) is 0 Å². The molecular weight excluding hydrogens is 208 g/mol. The molecule has 0 bridgehead atoms. The van der Waals surface area contributed by atoms with Crippen LogP contribution in [0.2, 0.25) is 0 Å². The Labute approximate surface area is 101 Å². The number of pyridine rings is 1. The van der Waals surface area contributed by atoms with Crippen LogP contribution in [-0.2, 0) is 0 Å². The molecule has 0 amide bonds. The van der Waals surface area contributed by atoms with Gasteiger partial charge in [0.05, 0.1) is 11.2 Å². The van der Waals surface area contributed by atoms with Gasteiger partial charge in [-0.3, -0.25) is 0 Å². The molecular formula is C15H16N2. The summed E-state index contributed by atoms with van der Waals surface area (Å²) in [6.45, 7) is 2.19. The van der Waals surface area contributed by atoms with Crippen LogP contribution >= 0.6 is 0 Å². The van der Waals surface area contributed by atoms with Crippen LogP contribution in [0.3, 0.4) is 0 Å². The standard InChI is InChI=1S/C15H16N2/c1-2-4-15-13(3-1)5-6-14(17-15)11-12-7-9-16-10-8-12/h1-6,11,16H,7-10H2. The third-order valence-electron chi connectivity index (χ3n) is 3.22. The molecule has 0 radical (unpaired) electrons. The van der Waals surface area contributed by atoms with E-state index in [9.17, 15) is 0 Å². The van der Waals surface area contributed by atoms with Gasteiger partial charge in [0.25, 0.3) is 0 Å². The molecule has 0 spiro atoms. The average Bonchev–Trinajstić information content (AvgIpc) is 2.40. The molecule has 0 unspecified atom stereocenters. The molecule has 17 heavy (non-hydrogen) atoms. The number of benzene rings is 1. The summed E-state index contributed by atoms with van der Waals surface area (Å²) in [5.41, 5.74) is 3.67. The van der Waals surface area contributed by atoms with Crippen molar-refractivity contribution >= 4 is 17.0 Å². The Kier molecular flexibility index (Phi) is 2.88. The monoisotopic (exact) mass is 224 g/mol. The Hall–Kier alpha value is -1.67. The fraction of sp³-hybridized carbons (Fsp3) is 0.267. The summed E-state index contributed by atoms with van der Waals surface area (Å²) in [6.07, 6.45) is 4.54. The lowest BCUT2D eigenvalue weighted by Gasteiger charge is -2.14. The minimum absolute atomic E-state index is 1.08. The maximum atomic E-state index is 4.67. The van der Waals surface area contributed by atoms with Gasteiger partial charge in [0.2, 0.25) is 0 Å². The summed E-state index contributed by atoms with van der Waals surface area (Å²) in [6, 6.07) is 12.5. The SMILES string of the molecule is C(=C1CCNCC1)c1ccc2ccccc2n1. The van der Waals surface area contributed by atoms with Gasteiger partial charge in [0, 0.05) is 5.39 Å². The van der Waals surface area contributed by atoms with Crippen LogP contribution < -0.4 is 5.32 Å². The summed E-state index contributed by atoms with van der Waals surface area (Å²) < 4.78 is 0. The summed E-state index contributed by atoms with van der Waals surface area (Å²) in [5.74, 6) is 0. The number of para-hydroxylation sites is 1. The molecule has 1 saturated heterocycles. The van der Waals surface area contributed by atoms with E-state index in [1.165, 1.54) is 11.0 Å². The molecule has 1 aromatic carbocycles. The van der Waals surface area contributed by atoms with Gasteiger partial charge in [-0.1, -0.05) is 29.8 Å². The second-order valence-electron chi connectivity index (χ2n) is 4.48. The molecule has 3 rings (SSSR count). The normalized spacial score (nSPS) is 16.1. The van der Waals surface area contributed by atoms with Crippen molar-refractivity contribution in [2.45, 2.75) is 12.8 Å². The molecule has 1 aliphatic rings. The smallest absolute Gasteiger partial charge is 0.0709 e. The van der Waals surface area contributed by atoms with Crippen molar-refractivity contribution in [3.05, 3.63) is 47.7 Å². The van der Waals surface area contributed by atoms with Crippen molar-refractivity contribution in [3.63, 3.8) is 0 Å². The van der Waals surface area contributed by atoms with Gasteiger partial charge in [-0.2, -0.15) is 0 Å². The van der Waals surface area contributed by atoms with Crippen LogP contribution in [0.25, 0.3) is 17.0 Å². The van der Waals surface area contributed by atoms with Crippen LogP contribution in [0, 0.1) is 0 Å². The molecule has 2 nitrogen and oxygen atoms in total. The Bertz CT molecular complexity index is 550. The first kappa shape index (κ1) is 10.5. The zero-order valence-corrected chi connectivity index (χ0v) is 9.82. The molecule has 0 saturated carbocycles. The summed E-state index contributed by atoms with van der Waals surface area (Å²) in [5, 5.41) is 4.58. The van der Waals surface area contributed by atoms with E-state index in [1.807, 2.05) is 6.07 Å². The summed E-state index contributed by atoms with van der Waals surface area (Å²) in [4.78, 5) is 4.67. The number of aromatic nitrogens is 1. The molecule has 1 N–H and O–H groups in total. The van der Waals surface area contributed by atoms with Crippen LogP contribution in [0.1, 0.15) is 18.5 Å². The van der Waals surface area contributed by atoms with Crippen molar-refractivity contribution in [2.75, 3.05) is 13.1 Å². The second kappa shape index (κ2) is 4.68. The topological polar surface area (TPSA) is 24.9 Å². The Morgan fingerprint density at radius 2 is 1.82 bits per heavy atom. The number of hydrogen-bond donors (Lipinski definition) is 1. The highest BCUT2D eigenvalue weighted by Crippen LogP contribution is 2.17. The van der Waals surface area contributed by atoms with Crippen molar-refractivity contribution in [2.24, 2.45) is 0 Å². The van der Waals surface area contributed by atoms with Crippen LogP contribution in [0.4, 0.5) is 0 Å². The molecule has 2 heteroatoms. The Balaban J connectivity index is 1.95. The van der Waals surface area contributed by atoms with Crippen LogP contribution in [-0.4, -0.2) is 18.1 Å². The minimum atomic E-state index is 1.08. The maximum absolute atomic E-state index is 4.67. The molecule has 1 fully saturated rings. The highest BCUT2D eigenvalue weighted by Gasteiger charge is 2.04. The van der Waals surface area contributed by atoms with Crippen LogP contribution in [0.15, 0.2) is 42.0 Å². The van der Waals surface area contributed by atoms with Gasteiger partial charge in [-0.05, 0) is 44.1 Å². The van der Waals surface area contributed by atoms with Gasteiger partial charge >= 0.3 is 0 Å². The zero-order chi connectivity index (χ0) is 11.5. The van der Waals surface area contributed by atoms with Gasteiger partial charge in [0.15, 0.2) is 0 Å². The van der Waals surface area contributed by atoms with E-state index in [0.29, 0.717) is 0 Å². The van der Waals surface area contributed by atoms with Gasteiger partial charge in [-0.25, -0.2) is 4.98 Å². The van der Waals surface area contributed by atoms with E-state index in [2.05, 4.69) is 46.7 Å². The van der Waals surface area contributed by atoms with Crippen molar-refractivity contribution in [1.29, 1.82) is 0 Å². The quantitative estimate of drug-likeness (QED) is 0.805. The number of piperidine rings is 1. The second-order valence-corrected chi connectivity index (χ2v) is 4.48. The largest absolute Gasteiger partial charge is 0.316 e. The van der Waals surface area contributed by atoms with Gasteiger partial charge in [0.1, 0.15) is 0 Å². The van der Waals surface area contributed by atoms with E-state index in [0.717, 1.165) is 37.1 Å². The lowest BCUT2D eigenvalue weighted by molar-refractivity contribution is 0.613. The third-order valence-corrected chi connectivity index (χ3v) is 3.22. The number of nitrogens with one attached hydrogen (secondary N) is 1. The first-order chi connectivity index (χ1) is 8.42. The molecule has 1 aliphatic heterocycles. The zero-order valence-electron chi connectivity index (χ0n) is 9.82. The Morgan fingerprint density at radius 1 is 1.00 bits per heavy atom. The van der Waals surface area contributed by atoms with E-state index in [1.54, 1.807) is 0 Å². The number of nitrogens with zero attached hydrogens (tertiary/aromatic N) is 1. The van der Waals surface area contributed by atoms with Crippen LogP contribution in [0.5, 0.6) is 0 Å². The molecule has 2 aromatic rings. The molecule has 1 aromatic heterocycles. The first-order valence-corrected chi connectivity index (χ1v) is 6.18. The maximum Gasteiger partial charge on any atom is 0.0709 e. The van der Waals surface area contributed by atoms with Crippen molar-refractivity contribution < 1.29 is 0 Å². The summed E-state index contributed by atoms with van der Waals surface area (Å²) >= 11 is 0. The molecule has 0 aliphatic carbocycles. The average molecular weight is 224 g/mol. The predicted molar refractivity (Wildman–Crippen MR) is 71.8 cm³/mol. The number of fused-ring (bicyclic) bond motifs is 1. The van der Waals surface area contributed by atoms with E-state index < -0.39 is 0 Å². The van der Waals surface area contributed by atoms with E-state index in [4.69, 9.17) is 0 Å². The lowest BCUT2D eigenvalue weighted by Crippen LogP contribution is -2.22.